The van der Waals surface area contributed by atoms with Crippen molar-refractivity contribution in [3.05, 3.63) is 39.5 Å². The van der Waals surface area contributed by atoms with E-state index in [0.717, 1.165) is 21.1 Å². The second-order valence-electron chi connectivity index (χ2n) is 2.91. The van der Waals surface area contributed by atoms with E-state index in [9.17, 15) is 0 Å². The smallest absolute Gasteiger partial charge is 0.109 e. The van der Waals surface area contributed by atoms with Crippen LogP contribution in [0, 0.1) is 6.92 Å². The van der Waals surface area contributed by atoms with E-state index in [1.165, 1.54) is 0 Å². The van der Waals surface area contributed by atoms with Crippen LogP contribution < -0.4 is 0 Å². The Morgan fingerprint density at radius 2 is 2.15 bits per heavy atom. The van der Waals surface area contributed by atoms with E-state index < -0.39 is 0 Å². The molecule has 1 heterocycles. The Hall–Kier alpha value is -0.600. The number of hydrogen-bond donors (Lipinski definition) is 0. The van der Waals surface area contributed by atoms with Crippen molar-refractivity contribution in [1.82, 2.24) is 4.98 Å². The summed E-state index contributed by atoms with van der Waals surface area (Å²) in [5.74, 6) is 0. The highest BCUT2D eigenvalue weighted by molar-refractivity contribution is 9.10. The number of pyridine rings is 1. The molecule has 0 aliphatic carbocycles. The number of aryl methyl sites for hydroxylation is 1. The Labute approximate surface area is 89.9 Å². The standard InChI is InChI=1S/C10H7BrClN/c1-6-5-7-3-2-4-8(12)9(7)13-10(6)11/h2-5H,1H3. The highest BCUT2D eigenvalue weighted by atomic mass is 79.9. The number of halogens is 2. The summed E-state index contributed by atoms with van der Waals surface area (Å²) in [6, 6.07) is 7.85. The van der Waals surface area contributed by atoms with E-state index in [0.29, 0.717) is 5.02 Å². The third-order valence-electron chi connectivity index (χ3n) is 1.93. The van der Waals surface area contributed by atoms with Crippen LogP contribution in [-0.2, 0) is 0 Å². The van der Waals surface area contributed by atoms with E-state index >= 15 is 0 Å². The Kier molecular flexibility index (Phi) is 2.26. The molecule has 1 aromatic carbocycles. The predicted octanol–water partition coefficient (Wildman–Crippen LogP) is 3.96. The van der Waals surface area contributed by atoms with Gasteiger partial charge in [-0.05, 0) is 40.5 Å². The van der Waals surface area contributed by atoms with Gasteiger partial charge in [-0.1, -0.05) is 23.7 Å². The molecule has 3 heteroatoms. The first-order valence-corrected chi connectivity index (χ1v) is 5.07. The zero-order chi connectivity index (χ0) is 9.42. The lowest BCUT2D eigenvalue weighted by Crippen LogP contribution is -1.84. The van der Waals surface area contributed by atoms with Crippen molar-refractivity contribution < 1.29 is 0 Å². The molecule has 0 unspecified atom stereocenters. The Morgan fingerprint density at radius 3 is 2.92 bits per heavy atom. The molecule has 0 aliphatic rings. The molecule has 0 spiro atoms. The van der Waals surface area contributed by atoms with E-state index in [1.807, 2.05) is 25.1 Å². The molecule has 0 fully saturated rings. The van der Waals surface area contributed by atoms with E-state index in [2.05, 4.69) is 27.0 Å². The van der Waals surface area contributed by atoms with Gasteiger partial charge in [0, 0.05) is 5.39 Å². The molecule has 1 aromatic heterocycles. The predicted molar refractivity (Wildman–Crippen MR) is 59.2 cm³/mol. The fourth-order valence-electron chi connectivity index (χ4n) is 1.25. The lowest BCUT2D eigenvalue weighted by Gasteiger charge is -2.02. The zero-order valence-corrected chi connectivity index (χ0v) is 9.35. The Balaban J connectivity index is 2.89. The van der Waals surface area contributed by atoms with Crippen LogP contribution in [0.1, 0.15) is 5.56 Å². The molecule has 2 rings (SSSR count). The summed E-state index contributed by atoms with van der Waals surface area (Å²) in [6.07, 6.45) is 0. The average molecular weight is 257 g/mol. The van der Waals surface area contributed by atoms with E-state index in [4.69, 9.17) is 11.6 Å². The molecule has 0 aliphatic heterocycles. The van der Waals surface area contributed by atoms with Crippen molar-refractivity contribution in [1.29, 1.82) is 0 Å². The summed E-state index contributed by atoms with van der Waals surface area (Å²) in [4.78, 5) is 4.36. The lowest BCUT2D eigenvalue weighted by molar-refractivity contribution is 1.28. The SMILES string of the molecule is Cc1cc2cccc(Cl)c2nc1Br. The topological polar surface area (TPSA) is 12.9 Å². The fourth-order valence-corrected chi connectivity index (χ4v) is 1.76. The Morgan fingerprint density at radius 1 is 1.38 bits per heavy atom. The van der Waals surface area contributed by atoms with Crippen molar-refractivity contribution >= 4 is 38.4 Å². The summed E-state index contributed by atoms with van der Waals surface area (Å²) in [7, 11) is 0. The third kappa shape index (κ3) is 1.56. The summed E-state index contributed by atoms with van der Waals surface area (Å²) in [5, 5.41) is 1.77. The van der Waals surface area contributed by atoms with Crippen LogP contribution in [0.3, 0.4) is 0 Å². The van der Waals surface area contributed by atoms with Gasteiger partial charge >= 0.3 is 0 Å². The number of fused-ring (bicyclic) bond motifs is 1. The van der Waals surface area contributed by atoms with Crippen LogP contribution in [-0.4, -0.2) is 4.98 Å². The lowest BCUT2D eigenvalue weighted by atomic mass is 10.2. The van der Waals surface area contributed by atoms with Crippen LogP contribution >= 0.6 is 27.5 Å². The summed E-state index contributed by atoms with van der Waals surface area (Å²) in [6.45, 7) is 2.01. The number of nitrogens with zero attached hydrogens (tertiary/aromatic N) is 1. The first-order chi connectivity index (χ1) is 6.18. The molecular formula is C10H7BrClN. The van der Waals surface area contributed by atoms with Crippen molar-refractivity contribution in [2.75, 3.05) is 0 Å². The van der Waals surface area contributed by atoms with Gasteiger partial charge in [-0.2, -0.15) is 0 Å². The summed E-state index contributed by atoms with van der Waals surface area (Å²) >= 11 is 9.38. The van der Waals surface area contributed by atoms with Gasteiger partial charge in [0.05, 0.1) is 10.5 Å². The van der Waals surface area contributed by atoms with Gasteiger partial charge in [0.25, 0.3) is 0 Å². The Bertz CT molecular complexity index is 468. The first-order valence-electron chi connectivity index (χ1n) is 3.90. The minimum absolute atomic E-state index is 0.693. The molecule has 0 amide bonds. The minimum atomic E-state index is 0.693. The maximum absolute atomic E-state index is 6.00. The van der Waals surface area contributed by atoms with Crippen molar-refractivity contribution in [2.24, 2.45) is 0 Å². The van der Waals surface area contributed by atoms with Gasteiger partial charge in [-0.25, -0.2) is 4.98 Å². The van der Waals surface area contributed by atoms with Crippen LogP contribution in [0.15, 0.2) is 28.9 Å². The second kappa shape index (κ2) is 3.28. The zero-order valence-electron chi connectivity index (χ0n) is 7.01. The quantitative estimate of drug-likeness (QED) is 0.650. The fraction of sp³-hybridized carbons (Fsp3) is 0.100. The molecule has 0 bridgehead atoms. The molecule has 1 nitrogen and oxygen atoms in total. The average Bonchev–Trinajstić information content (AvgIpc) is 2.09. The number of aromatic nitrogens is 1. The van der Waals surface area contributed by atoms with Crippen LogP contribution in [0.2, 0.25) is 5.02 Å². The molecule has 0 radical (unpaired) electrons. The third-order valence-corrected chi connectivity index (χ3v) is 3.03. The second-order valence-corrected chi connectivity index (χ2v) is 4.07. The van der Waals surface area contributed by atoms with Gasteiger partial charge in [0.15, 0.2) is 0 Å². The molecule has 0 N–H and O–H groups in total. The van der Waals surface area contributed by atoms with Gasteiger partial charge < -0.3 is 0 Å². The monoisotopic (exact) mass is 255 g/mol. The van der Waals surface area contributed by atoms with E-state index in [1.54, 1.807) is 0 Å². The molecule has 0 saturated heterocycles. The first kappa shape index (κ1) is 8.97. The maximum atomic E-state index is 6.00. The molecule has 0 atom stereocenters. The molecule has 0 saturated carbocycles. The van der Waals surface area contributed by atoms with Gasteiger partial charge in [0.2, 0.25) is 0 Å². The highest BCUT2D eigenvalue weighted by Crippen LogP contribution is 2.25. The molecule has 13 heavy (non-hydrogen) atoms. The number of benzene rings is 1. The van der Waals surface area contributed by atoms with Crippen LogP contribution in [0.5, 0.6) is 0 Å². The summed E-state index contributed by atoms with van der Waals surface area (Å²) < 4.78 is 0.855. The number of para-hydroxylation sites is 1. The van der Waals surface area contributed by atoms with Crippen LogP contribution in [0.25, 0.3) is 10.9 Å². The largest absolute Gasteiger partial charge is 0.239 e. The molecule has 66 valence electrons. The van der Waals surface area contributed by atoms with Gasteiger partial charge in [-0.3, -0.25) is 0 Å². The van der Waals surface area contributed by atoms with Crippen molar-refractivity contribution in [3.8, 4) is 0 Å². The number of hydrogen-bond acceptors (Lipinski definition) is 1. The molecule has 2 aromatic rings. The highest BCUT2D eigenvalue weighted by Gasteiger charge is 2.02. The minimum Gasteiger partial charge on any atom is -0.239 e. The van der Waals surface area contributed by atoms with Gasteiger partial charge in [-0.15, -0.1) is 0 Å². The maximum Gasteiger partial charge on any atom is 0.109 e. The van der Waals surface area contributed by atoms with Gasteiger partial charge in [0.1, 0.15) is 4.60 Å². The summed E-state index contributed by atoms with van der Waals surface area (Å²) in [5.41, 5.74) is 1.97. The molecular weight excluding hydrogens is 249 g/mol. The van der Waals surface area contributed by atoms with Crippen molar-refractivity contribution in [3.63, 3.8) is 0 Å². The van der Waals surface area contributed by atoms with Crippen molar-refractivity contribution in [2.45, 2.75) is 6.92 Å². The van der Waals surface area contributed by atoms with E-state index in [-0.39, 0.29) is 0 Å². The van der Waals surface area contributed by atoms with Crippen LogP contribution in [0.4, 0.5) is 0 Å². The number of rotatable bonds is 0. The normalized spacial score (nSPS) is 10.7.